The van der Waals surface area contributed by atoms with E-state index in [0.29, 0.717) is 0 Å². The first kappa shape index (κ1) is 15.0. The lowest BCUT2D eigenvalue weighted by Gasteiger charge is -2.32. The van der Waals surface area contributed by atoms with Gasteiger partial charge in [-0.3, -0.25) is 10.1 Å². The van der Waals surface area contributed by atoms with E-state index in [2.05, 4.69) is 21.4 Å². The number of likely N-dealkylation sites (N-methyl/N-ethyl adjacent to an activating group) is 1. The lowest BCUT2D eigenvalue weighted by molar-refractivity contribution is -0.384. The van der Waals surface area contributed by atoms with Crippen LogP contribution in [-0.2, 0) is 6.54 Å². The van der Waals surface area contributed by atoms with Gasteiger partial charge in [-0.05, 0) is 32.1 Å². The zero-order valence-corrected chi connectivity index (χ0v) is 12.9. The summed E-state index contributed by atoms with van der Waals surface area (Å²) in [6.07, 6.45) is 3.09. The van der Waals surface area contributed by atoms with Crippen LogP contribution in [0, 0.1) is 10.1 Å². The Morgan fingerprint density at radius 3 is 2.64 bits per heavy atom. The van der Waals surface area contributed by atoms with Gasteiger partial charge in [0.1, 0.15) is 0 Å². The lowest BCUT2D eigenvalue weighted by atomic mass is 10.2. The third kappa shape index (κ3) is 3.28. The van der Waals surface area contributed by atoms with E-state index in [1.807, 2.05) is 18.3 Å². The molecule has 1 aromatic carbocycles. The topological polar surface area (TPSA) is 54.5 Å². The number of benzene rings is 1. The Labute approximate surface area is 130 Å². The maximum atomic E-state index is 10.9. The second-order valence-electron chi connectivity index (χ2n) is 6.01. The number of nitrogens with zero attached hydrogens (tertiary/aromatic N) is 4. The number of aryl methyl sites for hydroxylation is 1. The molecule has 0 N–H and O–H groups in total. The van der Waals surface area contributed by atoms with Crippen molar-refractivity contribution < 1.29 is 4.92 Å². The molecule has 0 atom stereocenters. The van der Waals surface area contributed by atoms with Crippen molar-refractivity contribution >= 4 is 16.6 Å². The maximum Gasteiger partial charge on any atom is 0.271 e. The van der Waals surface area contributed by atoms with Crippen LogP contribution < -0.4 is 0 Å². The number of aromatic nitrogens is 1. The van der Waals surface area contributed by atoms with Gasteiger partial charge >= 0.3 is 0 Å². The zero-order valence-electron chi connectivity index (χ0n) is 12.9. The van der Waals surface area contributed by atoms with E-state index in [1.54, 1.807) is 12.1 Å². The van der Waals surface area contributed by atoms with Crippen LogP contribution in [0.1, 0.15) is 6.42 Å². The first-order chi connectivity index (χ1) is 10.6. The molecule has 1 fully saturated rings. The average Bonchev–Trinajstić information content (AvgIpc) is 2.92. The Morgan fingerprint density at radius 2 is 1.91 bits per heavy atom. The maximum absolute atomic E-state index is 10.9. The zero-order chi connectivity index (χ0) is 15.5. The van der Waals surface area contributed by atoms with Crippen molar-refractivity contribution in [2.24, 2.45) is 0 Å². The summed E-state index contributed by atoms with van der Waals surface area (Å²) in [5, 5.41) is 12.0. The monoisotopic (exact) mass is 302 g/mol. The highest BCUT2D eigenvalue weighted by Crippen LogP contribution is 2.22. The van der Waals surface area contributed by atoms with Crippen LogP contribution in [0.25, 0.3) is 10.9 Å². The molecule has 0 bridgehead atoms. The predicted octanol–water partition coefficient (Wildman–Crippen LogP) is 2.19. The van der Waals surface area contributed by atoms with E-state index in [0.717, 1.165) is 56.6 Å². The van der Waals surface area contributed by atoms with Gasteiger partial charge in [0, 0.05) is 56.4 Å². The highest BCUT2D eigenvalue weighted by molar-refractivity contribution is 5.82. The van der Waals surface area contributed by atoms with E-state index in [1.165, 1.54) is 0 Å². The number of nitro benzene ring substituents is 1. The number of rotatable bonds is 5. The summed E-state index contributed by atoms with van der Waals surface area (Å²) in [6, 6.07) is 7.08. The molecule has 6 heteroatoms. The molecular weight excluding hydrogens is 280 g/mol. The molecule has 0 amide bonds. The molecule has 22 heavy (non-hydrogen) atoms. The molecule has 1 aliphatic heterocycles. The van der Waals surface area contributed by atoms with Crippen molar-refractivity contribution in [3.05, 3.63) is 40.6 Å². The Hall–Kier alpha value is -1.92. The third-order valence-corrected chi connectivity index (χ3v) is 4.44. The van der Waals surface area contributed by atoms with Crippen LogP contribution in [0.3, 0.4) is 0 Å². The fourth-order valence-corrected chi connectivity index (χ4v) is 3.02. The van der Waals surface area contributed by atoms with Crippen LogP contribution in [0.15, 0.2) is 30.5 Å². The molecule has 0 aliphatic carbocycles. The normalized spacial score (nSPS) is 17.1. The summed E-state index contributed by atoms with van der Waals surface area (Å²) in [5.41, 5.74) is 1.11. The van der Waals surface area contributed by atoms with E-state index >= 15 is 0 Å². The number of piperazine rings is 1. The van der Waals surface area contributed by atoms with Gasteiger partial charge in [-0.15, -0.1) is 0 Å². The minimum atomic E-state index is -0.332. The molecule has 6 nitrogen and oxygen atoms in total. The number of nitro groups is 1. The molecule has 2 aromatic rings. The van der Waals surface area contributed by atoms with Gasteiger partial charge in [0.2, 0.25) is 0 Å². The SMILES string of the molecule is CN1CCN(CCCn2ccc3ccc([N+](=O)[O-])cc32)CC1. The summed E-state index contributed by atoms with van der Waals surface area (Å²) in [7, 11) is 2.16. The van der Waals surface area contributed by atoms with Gasteiger partial charge in [0.15, 0.2) is 0 Å². The number of hydrogen-bond donors (Lipinski definition) is 0. The molecular formula is C16H22N4O2. The fraction of sp³-hybridized carbons (Fsp3) is 0.500. The van der Waals surface area contributed by atoms with Gasteiger partial charge in [0.05, 0.1) is 10.4 Å². The predicted molar refractivity (Wildman–Crippen MR) is 87.1 cm³/mol. The smallest absolute Gasteiger partial charge is 0.271 e. The summed E-state index contributed by atoms with van der Waals surface area (Å²) < 4.78 is 2.12. The van der Waals surface area contributed by atoms with Crippen LogP contribution in [-0.4, -0.2) is 59.1 Å². The first-order valence-corrected chi connectivity index (χ1v) is 7.78. The van der Waals surface area contributed by atoms with Crippen molar-refractivity contribution in [1.82, 2.24) is 14.4 Å². The van der Waals surface area contributed by atoms with Crippen LogP contribution in [0.2, 0.25) is 0 Å². The van der Waals surface area contributed by atoms with E-state index in [4.69, 9.17) is 0 Å². The number of hydrogen-bond acceptors (Lipinski definition) is 4. The van der Waals surface area contributed by atoms with Crippen LogP contribution in [0.4, 0.5) is 5.69 Å². The molecule has 2 heterocycles. The first-order valence-electron chi connectivity index (χ1n) is 7.78. The molecule has 3 rings (SSSR count). The molecule has 1 saturated heterocycles. The van der Waals surface area contributed by atoms with Crippen molar-refractivity contribution in [1.29, 1.82) is 0 Å². The highest BCUT2D eigenvalue weighted by atomic mass is 16.6. The van der Waals surface area contributed by atoms with Crippen molar-refractivity contribution in [3.63, 3.8) is 0 Å². The summed E-state index contributed by atoms with van der Waals surface area (Å²) in [5.74, 6) is 0. The van der Waals surface area contributed by atoms with Crippen molar-refractivity contribution in [2.75, 3.05) is 39.8 Å². The molecule has 0 spiro atoms. The Bertz CT molecular complexity index is 659. The van der Waals surface area contributed by atoms with Crippen molar-refractivity contribution in [3.8, 4) is 0 Å². The second-order valence-corrected chi connectivity index (χ2v) is 6.01. The molecule has 0 unspecified atom stereocenters. The Balaban J connectivity index is 1.61. The molecule has 0 saturated carbocycles. The van der Waals surface area contributed by atoms with E-state index in [-0.39, 0.29) is 10.6 Å². The minimum absolute atomic E-state index is 0.159. The summed E-state index contributed by atoms with van der Waals surface area (Å²) in [6.45, 7) is 6.53. The molecule has 1 aromatic heterocycles. The largest absolute Gasteiger partial charge is 0.347 e. The second kappa shape index (κ2) is 6.46. The quantitative estimate of drug-likeness (QED) is 0.627. The lowest BCUT2D eigenvalue weighted by Crippen LogP contribution is -2.44. The third-order valence-electron chi connectivity index (χ3n) is 4.44. The number of fused-ring (bicyclic) bond motifs is 1. The standard InChI is InChI=1S/C16H22N4O2/c1-17-9-11-18(12-10-17)6-2-7-19-8-5-14-3-4-15(20(21)22)13-16(14)19/h3-5,8,13H,2,6-7,9-12H2,1H3. The van der Waals surface area contributed by atoms with E-state index < -0.39 is 0 Å². The van der Waals surface area contributed by atoms with Gasteiger partial charge in [-0.25, -0.2) is 0 Å². The molecule has 0 radical (unpaired) electrons. The van der Waals surface area contributed by atoms with Crippen molar-refractivity contribution in [2.45, 2.75) is 13.0 Å². The van der Waals surface area contributed by atoms with Gasteiger partial charge in [-0.1, -0.05) is 0 Å². The average molecular weight is 302 g/mol. The van der Waals surface area contributed by atoms with Gasteiger partial charge in [-0.2, -0.15) is 0 Å². The highest BCUT2D eigenvalue weighted by Gasteiger charge is 2.13. The summed E-state index contributed by atoms with van der Waals surface area (Å²) in [4.78, 5) is 15.4. The Kier molecular flexibility index (Phi) is 4.40. The Morgan fingerprint density at radius 1 is 1.14 bits per heavy atom. The molecule has 118 valence electrons. The van der Waals surface area contributed by atoms with Crippen LogP contribution >= 0.6 is 0 Å². The fourth-order valence-electron chi connectivity index (χ4n) is 3.02. The van der Waals surface area contributed by atoms with Gasteiger partial charge < -0.3 is 14.4 Å². The molecule has 1 aliphatic rings. The number of non-ortho nitro benzene ring substituents is 1. The summed E-state index contributed by atoms with van der Waals surface area (Å²) >= 11 is 0. The minimum Gasteiger partial charge on any atom is -0.347 e. The van der Waals surface area contributed by atoms with Gasteiger partial charge in [0.25, 0.3) is 5.69 Å². The van der Waals surface area contributed by atoms with E-state index in [9.17, 15) is 10.1 Å². The van der Waals surface area contributed by atoms with Crippen LogP contribution in [0.5, 0.6) is 0 Å².